The highest BCUT2D eigenvalue weighted by Gasteiger charge is 2.05. The lowest BCUT2D eigenvalue weighted by Gasteiger charge is -2.23. The Hall–Kier alpha value is -3.10. The van der Waals surface area contributed by atoms with E-state index in [9.17, 15) is 0 Å². The van der Waals surface area contributed by atoms with Crippen LogP contribution in [-0.4, -0.2) is 65.5 Å². The molecule has 0 spiro atoms. The van der Waals surface area contributed by atoms with E-state index in [0.29, 0.717) is 0 Å². The van der Waals surface area contributed by atoms with Gasteiger partial charge in [-0.15, -0.1) is 0 Å². The second-order valence-electron chi connectivity index (χ2n) is 8.92. The molecule has 0 atom stereocenters. The summed E-state index contributed by atoms with van der Waals surface area (Å²) in [6.07, 6.45) is 0. The second kappa shape index (κ2) is 16.6. The first-order chi connectivity index (χ1) is 18.2. The van der Waals surface area contributed by atoms with Crippen LogP contribution in [0.1, 0.15) is 16.7 Å². The summed E-state index contributed by atoms with van der Waals surface area (Å²) >= 11 is 0. The standard InChI is InChI=1S/C30H42N4O3/c1-35-28-10-4-25(5-11-28)22-31-16-19-34(20-17-32-23-26-6-12-29(36-2)13-7-26)21-18-33-24-27-8-14-30(37-3)15-9-27/h4-15,31-33H,16-24H2,1-3H3. The molecule has 0 aliphatic rings. The third-order valence-electron chi connectivity index (χ3n) is 6.28. The zero-order chi connectivity index (χ0) is 26.1. The van der Waals surface area contributed by atoms with Crippen LogP contribution in [0.15, 0.2) is 72.8 Å². The first-order valence-electron chi connectivity index (χ1n) is 12.9. The minimum atomic E-state index is 0.850. The number of rotatable bonds is 18. The molecule has 37 heavy (non-hydrogen) atoms. The quantitative estimate of drug-likeness (QED) is 0.228. The van der Waals surface area contributed by atoms with Crippen molar-refractivity contribution in [2.75, 3.05) is 60.6 Å². The van der Waals surface area contributed by atoms with Crippen molar-refractivity contribution in [1.82, 2.24) is 20.9 Å². The maximum atomic E-state index is 5.25. The summed E-state index contributed by atoms with van der Waals surface area (Å²) < 4.78 is 15.7. The molecule has 3 aromatic carbocycles. The first kappa shape index (κ1) is 28.5. The van der Waals surface area contributed by atoms with Crippen molar-refractivity contribution in [1.29, 1.82) is 0 Å². The number of ether oxygens (including phenoxy) is 3. The molecule has 3 N–H and O–H groups in total. The van der Waals surface area contributed by atoms with E-state index in [-0.39, 0.29) is 0 Å². The monoisotopic (exact) mass is 506 g/mol. The van der Waals surface area contributed by atoms with Crippen LogP contribution in [0, 0.1) is 0 Å². The number of methoxy groups -OCH3 is 3. The van der Waals surface area contributed by atoms with Gasteiger partial charge in [0.05, 0.1) is 21.3 Å². The fraction of sp³-hybridized carbons (Fsp3) is 0.400. The van der Waals surface area contributed by atoms with Gasteiger partial charge in [0.1, 0.15) is 17.2 Å². The van der Waals surface area contributed by atoms with Gasteiger partial charge in [-0.1, -0.05) is 36.4 Å². The predicted octanol–water partition coefficient (Wildman–Crippen LogP) is 3.68. The van der Waals surface area contributed by atoms with Crippen molar-refractivity contribution >= 4 is 0 Å². The third kappa shape index (κ3) is 10.8. The van der Waals surface area contributed by atoms with E-state index in [1.54, 1.807) is 21.3 Å². The van der Waals surface area contributed by atoms with Crippen LogP contribution in [-0.2, 0) is 19.6 Å². The summed E-state index contributed by atoms with van der Waals surface area (Å²) in [6, 6.07) is 24.7. The van der Waals surface area contributed by atoms with E-state index in [0.717, 1.165) is 76.2 Å². The summed E-state index contributed by atoms with van der Waals surface area (Å²) in [5.74, 6) is 2.66. The summed E-state index contributed by atoms with van der Waals surface area (Å²) in [4.78, 5) is 2.50. The van der Waals surface area contributed by atoms with E-state index in [1.807, 2.05) is 36.4 Å². The minimum absolute atomic E-state index is 0.850. The number of nitrogens with zero attached hydrogens (tertiary/aromatic N) is 1. The van der Waals surface area contributed by atoms with Gasteiger partial charge < -0.3 is 30.2 Å². The molecule has 0 saturated carbocycles. The Labute approximate surface area is 222 Å². The third-order valence-corrected chi connectivity index (χ3v) is 6.28. The Bertz CT molecular complexity index is 863. The van der Waals surface area contributed by atoms with Gasteiger partial charge in [-0.05, 0) is 53.1 Å². The lowest BCUT2D eigenvalue weighted by atomic mass is 10.2. The second-order valence-corrected chi connectivity index (χ2v) is 8.92. The van der Waals surface area contributed by atoms with E-state index in [1.165, 1.54) is 16.7 Å². The molecule has 0 unspecified atom stereocenters. The molecule has 0 saturated heterocycles. The Kier molecular flexibility index (Phi) is 12.8. The van der Waals surface area contributed by atoms with Crippen LogP contribution in [0.5, 0.6) is 17.2 Å². The molecule has 0 aliphatic carbocycles. The molecule has 7 heteroatoms. The highest BCUT2D eigenvalue weighted by molar-refractivity contribution is 5.28. The van der Waals surface area contributed by atoms with Crippen LogP contribution in [0.3, 0.4) is 0 Å². The van der Waals surface area contributed by atoms with E-state index in [2.05, 4.69) is 57.2 Å². The van der Waals surface area contributed by atoms with E-state index < -0.39 is 0 Å². The normalized spacial score (nSPS) is 11.0. The van der Waals surface area contributed by atoms with Crippen molar-refractivity contribution in [2.45, 2.75) is 19.6 Å². The molecule has 0 aliphatic heterocycles. The van der Waals surface area contributed by atoms with Crippen molar-refractivity contribution in [3.8, 4) is 17.2 Å². The molecule has 0 heterocycles. The first-order valence-corrected chi connectivity index (χ1v) is 12.9. The van der Waals surface area contributed by atoms with Gasteiger partial charge in [-0.25, -0.2) is 0 Å². The molecule has 7 nitrogen and oxygen atoms in total. The number of hydrogen-bond donors (Lipinski definition) is 3. The Morgan fingerprint density at radius 3 is 0.973 bits per heavy atom. The smallest absolute Gasteiger partial charge is 0.118 e. The highest BCUT2D eigenvalue weighted by Crippen LogP contribution is 2.12. The maximum Gasteiger partial charge on any atom is 0.118 e. The van der Waals surface area contributed by atoms with Crippen LogP contribution in [0.2, 0.25) is 0 Å². The predicted molar refractivity (Wildman–Crippen MR) is 151 cm³/mol. The van der Waals surface area contributed by atoms with Gasteiger partial charge in [0.25, 0.3) is 0 Å². The SMILES string of the molecule is COc1ccc(CNCCN(CCNCc2ccc(OC)cc2)CCNCc2ccc(OC)cc2)cc1. The minimum Gasteiger partial charge on any atom is -0.497 e. The Morgan fingerprint density at radius 1 is 0.459 bits per heavy atom. The molecule has 200 valence electrons. The molecule has 0 amide bonds. The lowest BCUT2D eigenvalue weighted by molar-refractivity contribution is 0.271. The molecule has 0 fully saturated rings. The van der Waals surface area contributed by atoms with Crippen LogP contribution < -0.4 is 30.2 Å². The largest absolute Gasteiger partial charge is 0.497 e. The Balaban J connectivity index is 1.40. The van der Waals surface area contributed by atoms with Gasteiger partial charge in [-0.3, -0.25) is 4.90 Å². The average Bonchev–Trinajstić information content (AvgIpc) is 2.96. The van der Waals surface area contributed by atoms with E-state index >= 15 is 0 Å². The van der Waals surface area contributed by atoms with Gasteiger partial charge in [0, 0.05) is 58.9 Å². The summed E-state index contributed by atoms with van der Waals surface area (Å²) in [7, 11) is 5.08. The highest BCUT2D eigenvalue weighted by atomic mass is 16.5. The van der Waals surface area contributed by atoms with Crippen LogP contribution in [0.4, 0.5) is 0 Å². The molecule has 3 rings (SSSR count). The summed E-state index contributed by atoms with van der Waals surface area (Å²) in [6.45, 7) is 8.32. The summed E-state index contributed by atoms with van der Waals surface area (Å²) in [5.41, 5.74) is 3.78. The number of hydrogen-bond acceptors (Lipinski definition) is 7. The summed E-state index contributed by atoms with van der Waals surface area (Å²) in [5, 5.41) is 10.7. The lowest BCUT2D eigenvalue weighted by Crippen LogP contribution is -2.40. The molecule has 0 aromatic heterocycles. The fourth-order valence-electron chi connectivity index (χ4n) is 3.98. The topological polar surface area (TPSA) is 67.0 Å². The van der Waals surface area contributed by atoms with Gasteiger partial charge in [-0.2, -0.15) is 0 Å². The Morgan fingerprint density at radius 2 is 0.730 bits per heavy atom. The molecule has 3 aromatic rings. The van der Waals surface area contributed by atoms with Gasteiger partial charge in [0.2, 0.25) is 0 Å². The zero-order valence-electron chi connectivity index (χ0n) is 22.5. The van der Waals surface area contributed by atoms with Crippen molar-refractivity contribution in [2.24, 2.45) is 0 Å². The molecular formula is C30H42N4O3. The van der Waals surface area contributed by atoms with Crippen molar-refractivity contribution in [3.05, 3.63) is 89.5 Å². The van der Waals surface area contributed by atoms with Gasteiger partial charge >= 0.3 is 0 Å². The van der Waals surface area contributed by atoms with Crippen LogP contribution in [0.25, 0.3) is 0 Å². The van der Waals surface area contributed by atoms with Crippen LogP contribution >= 0.6 is 0 Å². The van der Waals surface area contributed by atoms with Crippen molar-refractivity contribution < 1.29 is 14.2 Å². The molecule has 0 radical (unpaired) electrons. The fourth-order valence-corrected chi connectivity index (χ4v) is 3.98. The maximum absolute atomic E-state index is 5.25. The zero-order valence-corrected chi connectivity index (χ0v) is 22.5. The molecular weight excluding hydrogens is 464 g/mol. The van der Waals surface area contributed by atoms with Crippen molar-refractivity contribution in [3.63, 3.8) is 0 Å². The number of nitrogens with one attached hydrogen (secondary N) is 3. The molecule has 0 bridgehead atoms. The average molecular weight is 507 g/mol. The van der Waals surface area contributed by atoms with Gasteiger partial charge in [0.15, 0.2) is 0 Å². The number of benzene rings is 3. The van der Waals surface area contributed by atoms with E-state index in [4.69, 9.17) is 14.2 Å².